The van der Waals surface area contributed by atoms with Crippen molar-refractivity contribution in [2.45, 2.75) is 26.4 Å². The molecule has 0 aliphatic heterocycles. The van der Waals surface area contributed by atoms with Gasteiger partial charge in [0.05, 0.1) is 12.2 Å². The minimum absolute atomic E-state index is 0.0227. The van der Waals surface area contributed by atoms with Gasteiger partial charge in [-0.25, -0.2) is 9.18 Å². The highest BCUT2D eigenvalue weighted by atomic mass is 19.1. The fraction of sp³-hybridized carbons (Fsp3) is 0.500. The maximum atomic E-state index is 13.4. The molecule has 1 aromatic carbocycles. The Morgan fingerprint density at radius 2 is 2.16 bits per heavy atom. The average Bonchev–Trinajstić information content (AvgIpc) is 2.35. The number of methoxy groups -OCH3 is 1. The van der Waals surface area contributed by atoms with E-state index in [-0.39, 0.29) is 11.6 Å². The van der Waals surface area contributed by atoms with Crippen molar-refractivity contribution in [3.63, 3.8) is 0 Å². The van der Waals surface area contributed by atoms with Gasteiger partial charge in [0.25, 0.3) is 0 Å². The van der Waals surface area contributed by atoms with Gasteiger partial charge in [0, 0.05) is 19.7 Å². The number of nitrogens with zero attached hydrogens (tertiary/aromatic N) is 1. The molecule has 106 valence electrons. The number of hydrogen-bond donors (Lipinski definition) is 1. The molecule has 0 saturated heterocycles. The van der Waals surface area contributed by atoms with Gasteiger partial charge in [-0.15, -0.1) is 0 Å². The number of carboxylic acid groups (broad SMARTS) is 1. The number of carbonyl (C=O) groups is 1. The van der Waals surface area contributed by atoms with Crippen LogP contribution in [-0.4, -0.2) is 42.3 Å². The third-order valence-electron chi connectivity index (χ3n) is 3.03. The molecule has 0 radical (unpaired) electrons. The maximum Gasteiger partial charge on any atom is 0.335 e. The Morgan fingerprint density at radius 3 is 2.68 bits per heavy atom. The molecule has 1 rings (SSSR count). The summed E-state index contributed by atoms with van der Waals surface area (Å²) >= 11 is 0. The Balaban J connectivity index is 2.87. The van der Waals surface area contributed by atoms with Crippen LogP contribution in [0, 0.1) is 5.82 Å². The largest absolute Gasteiger partial charge is 0.478 e. The van der Waals surface area contributed by atoms with Crippen LogP contribution in [0.5, 0.6) is 0 Å². The molecule has 0 fully saturated rings. The number of ether oxygens (including phenoxy) is 1. The van der Waals surface area contributed by atoms with Gasteiger partial charge in [-0.05, 0) is 37.2 Å². The number of hydrogen-bond acceptors (Lipinski definition) is 3. The van der Waals surface area contributed by atoms with Crippen molar-refractivity contribution >= 4 is 5.97 Å². The van der Waals surface area contributed by atoms with E-state index < -0.39 is 11.8 Å². The SMILES string of the molecule is CCN(Cc1cc(F)cc(C(=O)O)c1)C(C)COC. The molecule has 19 heavy (non-hydrogen) atoms. The van der Waals surface area contributed by atoms with E-state index >= 15 is 0 Å². The fourth-order valence-corrected chi connectivity index (χ4v) is 2.03. The van der Waals surface area contributed by atoms with Crippen molar-refractivity contribution in [3.8, 4) is 0 Å². The molecule has 4 nitrogen and oxygen atoms in total. The van der Waals surface area contributed by atoms with Crippen molar-refractivity contribution < 1.29 is 19.0 Å². The lowest BCUT2D eigenvalue weighted by molar-refractivity contribution is 0.0695. The standard InChI is InChI=1S/C14H20FNO3/c1-4-16(10(2)9-19-3)8-11-5-12(14(17)18)7-13(15)6-11/h5-7,10H,4,8-9H2,1-3H3,(H,17,18). The van der Waals surface area contributed by atoms with Gasteiger partial charge in [0.15, 0.2) is 0 Å². The Kier molecular flexibility index (Phi) is 5.92. The first-order valence-corrected chi connectivity index (χ1v) is 6.23. The van der Waals surface area contributed by atoms with Gasteiger partial charge < -0.3 is 9.84 Å². The molecule has 0 aliphatic rings. The summed E-state index contributed by atoms with van der Waals surface area (Å²) in [5, 5.41) is 8.92. The highest BCUT2D eigenvalue weighted by Crippen LogP contribution is 2.13. The van der Waals surface area contributed by atoms with Gasteiger partial charge in [-0.1, -0.05) is 6.92 Å². The van der Waals surface area contributed by atoms with Crippen LogP contribution in [0.25, 0.3) is 0 Å². The van der Waals surface area contributed by atoms with E-state index in [0.717, 1.165) is 12.6 Å². The second-order valence-corrected chi connectivity index (χ2v) is 4.52. The molecule has 1 N–H and O–H groups in total. The topological polar surface area (TPSA) is 49.8 Å². The van der Waals surface area contributed by atoms with Gasteiger partial charge in [-0.3, -0.25) is 4.90 Å². The second kappa shape index (κ2) is 7.21. The smallest absolute Gasteiger partial charge is 0.335 e. The van der Waals surface area contributed by atoms with Gasteiger partial charge in [0.2, 0.25) is 0 Å². The highest BCUT2D eigenvalue weighted by molar-refractivity contribution is 5.87. The van der Waals surface area contributed by atoms with Crippen LogP contribution in [0.3, 0.4) is 0 Å². The van der Waals surface area contributed by atoms with Crippen LogP contribution in [0.4, 0.5) is 4.39 Å². The lowest BCUT2D eigenvalue weighted by Gasteiger charge is -2.27. The quantitative estimate of drug-likeness (QED) is 0.825. The van der Waals surface area contributed by atoms with Gasteiger partial charge in [0.1, 0.15) is 5.82 Å². The predicted molar refractivity (Wildman–Crippen MR) is 70.8 cm³/mol. The molecule has 0 saturated carbocycles. The molecule has 1 unspecified atom stereocenters. The zero-order chi connectivity index (χ0) is 14.4. The molecule has 0 heterocycles. The fourth-order valence-electron chi connectivity index (χ4n) is 2.03. The minimum atomic E-state index is -1.12. The lowest BCUT2D eigenvalue weighted by atomic mass is 10.1. The number of likely N-dealkylation sites (N-methyl/N-ethyl adjacent to an activating group) is 1. The van der Waals surface area contributed by atoms with Crippen molar-refractivity contribution in [2.24, 2.45) is 0 Å². The first-order chi connectivity index (χ1) is 8.97. The molecule has 5 heteroatoms. The summed E-state index contributed by atoms with van der Waals surface area (Å²) in [4.78, 5) is 13.0. The maximum absolute atomic E-state index is 13.4. The number of carboxylic acids is 1. The van der Waals surface area contributed by atoms with E-state index in [2.05, 4.69) is 4.90 Å². The third-order valence-corrected chi connectivity index (χ3v) is 3.03. The molecular formula is C14H20FNO3. The van der Waals surface area contributed by atoms with E-state index in [9.17, 15) is 9.18 Å². The van der Waals surface area contributed by atoms with E-state index in [0.29, 0.717) is 18.7 Å². The van der Waals surface area contributed by atoms with E-state index in [1.165, 1.54) is 12.1 Å². The zero-order valence-electron chi connectivity index (χ0n) is 11.5. The Labute approximate surface area is 112 Å². The van der Waals surface area contributed by atoms with Crippen molar-refractivity contribution in [2.75, 3.05) is 20.3 Å². The third kappa shape index (κ3) is 4.61. The van der Waals surface area contributed by atoms with Gasteiger partial charge in [-0.2, -0.15) is 0 Å². The van der Waals surface area contributed by atoms with E-state index in [4.69, 9.17) is 9.84 Å². The van der Waals surface area contributed by atoms with Crippen molar-refractivity contribution in [3.05, 3.63) is 35.1 Å². The molecule has 0 aromatic heterocycles. The molecule has 0 spiro atoms. The lowest BCUT2D eigenvalue weighted by Crippen LogP contribution is -2.35. The Bertz CT molecular complexity index is 437. The average molecular weight is 269 g/mol. The number of aromatic carboxylic acids is 1. The Hall–Kier alpha value is -1.46. The first-order valence-electron chi connectivity index (χ1n) is 6.23. The zero-order valence-corrected chi connectivity index (χ0v) is 11.5. The summed E-state index contributed by atoms with van der Waals surface area (Å²) in [6.45, 7) is 5.88. The van der Waals surface area contributed by atoms with Crippen LogP contribution in [0.15, 0.2) is 18.2 Å². The van der Waals surface area contributed by atoms with Gasteiger partial charge >= 0.3 is 5.97 Å². The molecule has 1 atom stereocenters. The number of rotatable bonds is 7. The summed E-state index contributed by atoms with van der Waals surface area (Å²) in [6.07, 6.45) is 0. The van der Waals surface area contributed by atoms with Crippen LogP contribution in [0.1, 0.15) is 29.8 Å². The Morgan fingerprint density at radius 1 is 1.47 bits per heavy atom. The summed E-state index contributed by atoms with van der Waals surface area (Å²) in [6, 6.07) is 4.09. The van der Waals surface area contributed by atoms with E-state index in [1.54, 1.807) is 7.11 Å². The minimum Gasteiger partial charge on any atom is -0.478 e. The summed E-state index contributed by atoms with van der Waals surface area (Å²) in [7, 11) is 1.63. The van der Waals surface area contributed by atoms with Crippen LogP contribution < -0.4 is 0 Å². The molecule has 0 amide bonds. The monoisotopic (exact) mass is 269 g/mol. The molecule has 0 aliphatic carbocycles. The molecular weight excluding hydrogens is 249 g/mol. The van der Waals surface area contributed by atoms with Crippen LogP contribution in [-0.2, 0) is 11.3 Å². The van der Waals surface area contributed by atoms with Crippen molar-refractivity contribution in [1.82, 2.24) is 4.90 Å². The number of halogens is 1. The molecule has 0 bridgehead atoms. The van der Waals surface area contributed by atoms with Crippen LogP contribution >= 0.6 is 0 Å². The predicted octanol–water partition coefficient (Wildman–Crippen LogP) is 2.38. The highest BCUT2D eigenvalue weighted by Gasteiger charge is 2.14. The second-order valence-electron chi connectivity index (χ2n) is 4.52. The number of benzene rings is 1. The summed E-state index contributed by atoms with van der Waals surface area (Å²) < 4.78 is 18.5. The normalized spacial score (nSPS) is 12.7. The summed E-state index contributed by atoms with van der Waals surface area (Å²) in [5.41, 5.74) is 0.632. The first kappa shape index (κ1) is 15.6. The molecule has 1 aromatic rings. The van der Waals surface area contributed by atoms with Crippen molar-refractivity contribution in [1.29, 1.82) is 0 Å². The van der Waals surface area contributed by atoms with Crippen LogP contribution in [0.2, 0.25) is 0 Å². The van der Waals surface area contributed by atoms with E-state index in [1.807, 2.05) is 13.8 Å². The summed E-state index contributed by atoms with van der Waals surface area (Å²) in [5.74, 6) is -1.64.